The molecule has 0 saturated carbocycles. The molecule has 3 rings (SSSR count). The van der Waals surface area contributed by atoms with Crippen LogP contribution in [0.25, 0.3) is 0 Å². The van der Waals surface area contributed by atoms with Gasteiger partial charge in [0.2, 0.25) is 5.89 Å². The number of carbonyl (C=O) groups is 1. The fourth-order valence-corrected chi connectivity index (χ4v) is 4.29. The number of nitrogens with two attached hydrogens (primary N) is 1. The number of carbonyl (C=O) groups excluding carboxylic acids is 1. The number of aromatic nitrogens is 1. The first-order valence-electron chi connectivity index (χ1n) is 9.42. The topological polar surface area (TPSA) is 75.6 Å². The van der Waals surface area contributed by atoms with Crippen molar-refractivity contribution in [3.63, 3.8) is 0 Å². The van der Waals surface area contributed by atoms with Crippen LogP contribution in [0.2, 0.25) is 0 Å². The number of amides is 1. The summed E-state index contributed by atoms with van der Waals surface area (Å²) >= 11 is 1.74. The Morgan fingerprint density at radius 1 is 1.32 bits per heavy atom. The van der Waals surface area contributed by atoms with E-state index < -0.39 is 0 Å². The number of rotatable bonds is 6. The highest BCUT2D eigenvalue weighted by molar-refractivity contribution is 7.98. The van der Waals surface area contributed by atoms with Gasteiger partial charge in [0.05, 0.1) is 6.04 Å². The molecule has 0 spiro atoms. The molecule has 25 heavy (non-hydrogen) atoms. The van der Waals surface area contributed by atoms with Crippen LogP contribution in [0.5, 0.6) is 0 Å². The van der Waals surface area contributed by atoms with Gasteiger partial charge >= 0.3 is 0 Å². The maximum Gasteiger partial charge on any atom is 0.275 e. The van der Waals surface area contributed by atoms with Crippen molar-refractivity contribution in [1.29, 1.82) is 0 Å². The third-order valence-corrected chi connectivity index (χ3v) is 5.99. The number of hydrogen-bond donors (Lipinski definition) is 1. The molecule has 2 N–H and O–H groups in total. The molecular formula is C18H30N4O2S. The molecule has 0 radical (unpaired) electrons. The first kappa shape index (κ1) is 18.7. The van der Waals surface area contributed by atoms with E-state index in [2.05, 4.69) is 9.88 Å². The highest BCUT2D eigenvalue weighted by Crippen LogP contribution is 2.22. The maximum atomic E-state index is 12.7. The first-order valence-corrected chi connectivity index (χ1v) is 10.8. The summed E-state index contributed by atoms with van der Waals surface area (Å²) in [6.07, 6.45) is 10.4. The molecule has 2 saturated heterocycles. The number of thioether (sulfide) groups is 1. The summed E-state index contributed by atoms with van der Waals surface area (Å²) in [5.41, 5.74) is 6.47. The van der Waals surface area contributed by atoms with Crippen LogP contribution >= 0.6 is 11.8 Å². The Kier molecular flexibility index (Phi) is 6.78. The summed E-state index contributed by atoms with van der Waals surface area (Å²) in [7, 11) is 0. The molecule has 2 aliphatic rings. The van der Waals surface area contributed by atoms with Crippen LogP contribution in [0.15, 0.2) is 10.7 Å². The SMILES string of the molecule is CSCCC(N)c1nc(C(=O)N2CCC(N3CCCCC3)CC2)co1. The maximum absolute atomic E-state index is 12.7. The molecule has 0 aromatic carbocycles. The standard InChI is InChI=1S/C18H30N4O2S/c1-25-12-7-15(19)17-20-16(13-24-17)18(23)22-10-5-14(6-11-22)21-8-3-2-4-9-21/h13-15H,2-12,19H2,1H3. The van der Waals surface area contributed by atoms with E-state index in [1.807, 2.05) is 11.2 Å². The summed E-state index contributed by atoms with van der Waals surface area (Å²) in [4.78, 5) is 21.5. The van der Waals surface area contributed by atoms with Crippen LogP contribution in [0.4, 0.5) is 0 Å². The third kappa shape index (κ3) is 4.77. The Labute approximate surface area is 154 Å². The third-order valence-electron chi connectivity index (χ3n) is 5.35. The molecule has 0 bridgehead atoms. The van der Waals surface area contributed by atoms with E-state index in [4.69, 9.17) is 10.2 Å². The zero-order chi connectivity index (χ0) is 17.6. The first-order chi connectivity index (χ1) is 12.2. The molecule has 1 unspecified atom stereocenters. The minimum absolute atomic E-state index is 0.0239. The number of likely N-dealkylation sites (tertiary alicyclic amines) is 2. The fraction of sp³-hybridized carbons (Fsp3) is 0.778. The van der Waals surface area contributed by atoms with E-state index in [0.717, 1.165) is 38.1 Å². The largest absolute Gasteiger partial charge is 0.446 e. The van der Waals surface area contributed by atoms with Gasteiger partial charge in [-0.2, -0.15) is 11.8 Å². The Balaban J connectivity index is 1.51. The van der Waals surface area contributed by atoms with Crippen molar-refractivity contribution >= 4 is 17.7 Å². The van der Waals surface area contributed by atoms with E-state index in [1.54, 1.807) is 11.8 Å². The van der Waals surface area contributed by atoms with Gasteiger partial charge in [-0.3, -0.25) is 4.79 Å². The van der Waals surface area contributed by atoms with E-state index in [-0.39, 0.29) is 11.9 Å². The Bertz CT molecular complexity index is 551. The summed E-state index contributed by atoms with van der Waals surface area (Å²) in [5.74, 6) is 1.40. The molecule has 7 heteroatoms. The molecule has 1 aromatic heterocycles. The molecule has 1 atom stereocenters. The number of oxazole rings is 1. The van der Waals surface area contributed by atoms with Crippen molar-refractivity contribution in [2.75, 3.05) is 38.2 Å². The van der Waals surface area contributed by atoms with Gasteiger partial charge in [0, 0.05) is 19.1 Å². The van der Waals surface area contributed by atoms with E-state index in [1.165, 1.54) is 38.6 Å². The van der Waals surface area contributed by atoms with Crippen molar-refractivity contribution in [3.8, 4) is 0 Å². The molecular weight excluding hydrogens is 336 g/mol. The van der Waals surface area contributed by atoms with E-state index in [9.17, 15) is 4.79 Å². The smallest absolute Gasteiger partial charge is 0.275 e. The zero-order valence-corrected chi connectivity index (χ0v) is 16.0. The lowest BCUT2D eigenvalue weighted by molar-refractivity contribution is 0.0584. The van der Waals surface area contributed by atoms with Crippen LogP contribution in [-0.2, 0) is 0 Å². The average Bonchev–Trinajstić information content (AvgIpc) is 3.16. The predicted molar refractivity (Wildman–Crippen MR) is 101 cm³/mol. The van der Waals surface area contributed by atoms with Crippen LogP contribution < -0.4 is 5.73 Å². The minimum Gasteiger partial charge on any atom is -0.446 e. The highest BCUT2D eigenvalue weighted by Gasteiger charge is 2.29. The van der Waals surface area contributed by atoms with Gasteiger partial charge in [-0.15, -0.1) is 0 Å². The number of piperidine rings is 2. The molecule has 2 fully saturated rings. The molecule has 2 aliphatic heterocycles. The van der Waals surface area contributed by atoms with Gasteiger partial charge in [0.15, 0.2) is 5.69 Å². The van der Waals surface area contributed by atoms with Gasteiger partial charge in [0.25, 0.3) is 5.91 Å². The quantitative estimate of drug-likeness (QED) is 0.834. The van der Waals surface area contributed by atoms with E-state index >= 15 is 0 Å². The normalized spacial score (nSPS) is 21.4. The van der Waals surface area contributed by atoms with Crippen LogP contribution in [0.3, 0.4) is 0 Å². The van der Waals surface area contributed by atoms with Crippen molar-refractivity contribution in [2.45, 2.75) is 50.6 Å². The van der Waals surface area contributed by atoms with Gasteiger partial charge in [-0.25, -0.2) is 4.98 Å². The number of hydrogen-bond acceptors (Lipinski definition) is 6. The lowest BCUT2D eigenvalue weighted by Crippen LogP contribution is -2.48. The number of nitrogens with zero attached hydrogens (tertiary/aromatic N) is 3. The fourth-order valence-electron chi connectivity index (χ4n) is 3.80. The van der Waals surface area contributed by atoms with Gasteiger partial charge < -0.3 is 20.0 Å². The predicted octanol–water partition coefficient (Wildman–Crippen LogP) is 2.52. The van der Waals surface area contributed by atoms with Crippen molar-refractivity contribution in [2.24, 2.45) is 5.73 Å². The Morgan fingerprint density at radius 2 is 2.04 bits per heavy atom. The van der Waals surface area contributed by atoms with Gasteiger partial charge in [-0.1, -0.05) is 6.42 Å². The van der Waals surface area contributed by atoms with Gasteiger partial charge in [-0.05, 0) is 57.2 Å². The highest BCUT2D eigenvalue weighted by atomic mass is 32.2. The average molecular weight is 367 g/mol. The molecule has 1 amide bonds. The molecule has 0 aliphatic carbocycles. The lowest BCUT2D eigenvalue weighted by atomic mass is 10.00. The second-order valence-corrected chi connectivity index (χ2v) is 8.06. The second-order valence-electron chi connectivity index (χ2n) is 7.08. The molecule has 6 nitrogen and oxygen atoms in total. The zero-order valence-electron chi connectivity index (χ0n) is 15.2. The van der Waals surface area contributed by atoms with Crippen molar-refractivity contribution < 1.29 is 9.21 Å². The summed E-state index contributed by atoms with van der Waals surface area (Å²) < 4.78 is 5.45. The summed E-state index contributed by atoms with van der Waals surface area (Å²) in [5, 5.41) is 0. The monoisotopic (exact) mass is 366 g/mol. The van der Waals surface area contributed by atoms with Gasteiger partial charge in [0.1, 0.15) is 6.26 Å². The summed E-state index contributed by atoms with van der Waals surface area (Å²) in [6.45, 7) is 4.06. The summed E-state index contributed by atoms with van der Waals surface area (Å²) in [6, 6.07) is 0.399. The Morgan fingerprint density at radius 3 is 2.72 bits per heavy atom. The Hall–Kier alpha value is -1.05. The van der Waals surface area contributed by atoms with Crippen molar-refractivity contribution in [3.05, 3.63) is 17.8 Å². The lowest BCUT2D eigenvalue weighted by Gasteiger charge is -2.40. The van der Waals surface area contributed by atoms with Crippen LogP contribution in [-0.4, -0.2) is 64.9 Å². The second kappa shape index (κ2) is 9.05. The van der Waals surface area contributed by atoms with Crippen molar-refractivity contribution in [1.82, 2.24) is 14.8 Å². The minimum atomic E-state index is -0.237. The molecule has 3 heterocycles. The van der Waals surface area contributed by atoms with E-state index in [0.29, 0.717) is 17.6 Å². The van der Waals surface area contributed by atoms with Crippen LogP contribution in [0.1, 0.15) is 60.9 Å². The van der Waals surface area contributed by atoms with Crippen LogP contribution in [0, 0.1) is 0 Å². The molecule has 1 aromatic rings. The molecule has 140 valence electrons.